The molecule has 0 amide bonds. The lowest BCUT2D eigenvalue weighted by Gasteiger charge is -2.05. The molecule has 2 rings (SSSR count). The Hall–Kier alpha value is -1.30. The Morgan fingerprint density at radius 1 is 0.778 bits per heavy atom. The highest BCUT2D eigenvalue weighted by Crippen LogP contribution is 2.37. The van der Waals surface area contributed by atoms with E-state index in [0.717, 1.165) is 0 Å². The van der Waals surface area contributed by atoms with Gasteiger partial charge < -0.3 is 0 Å². The van der Waals surface area contributed by atoms with E-state index in [1.54, 1.807) is 0 Å². The minimum absolute atomic E-state index is 0.580. The van der Waals surface area contributed by atoms with Gasteiger partial charge in [-0.2, -0.15) is 0 Å². The van der Waals surface area contributed by atoms with Crippen LogP contribution < -0.4 is 0 Å². The van der Waals surface area contributed by atoms with E-state index in [2.05, 4.69) is 65.8 Å². The third-order valence-corrected chi connectivity index (χ3v) is 3.98. The minimum atomic E-state index is 0.580. The predicted molar refractivity (Wildman–Crippen MR) is 80.7 cm³/mol. The van der Waals surface area contributed by atoms with Crippen LogP contribution in [0.15, 0.2) is 24.3 Å². The molecule has 0 heterocycles. The van der Waals surface area contributed by atoms with Gasteiger partial charge in [0.1, 0.15) is 0 Å². The molecule has 2 aliphatic rings. The fourth-order valence-corrected chi connectivity index (χ4v) is 2.70. The zero-order valence-electron chi connectivity index (χ0n) is 12.5. The van der Waals surface area contributed by atoms with Crippen molar-refractivity contribution in [2.24, 2.45) is 0 Å². The van der Waals surface area contributed by atoms with Gasteiger partial charge in [0.2, 0.25) is 0 Å². The van der Waals surface area contributed by atoms with Gasteiger partial charge in [-0.25, -0.2) is 0 Å². The summed E-state index contributed by atoms with van der Waals surface area (Å²) in [5.74, 6) is 1.18. The minimum Gasteiger partial charge on any atom is -0.0587 e. The molecule has 0 saturated heterocycles. The number of hydrogen-bond acceptors (Lipinski definition) is 0. The first-order valence-corrected chi connectivity index (χ1v) is 6.95. The van der Waals surface area contributed by atoms with Crippen molar-refractivity contribution in [2.45, 2.75) is 53.4 Å². The van der Waals surface area contributed by atoms with Crippen molar-refractivity contribution >= 4 is 0 Å². The van der Waals surface area contributed by atoms with Gasteiger partial charge in [0.25, 0.3) is 0 Å². The standard InChI is InChI=1S/C18H24/c1-11(2)15-8-7-13(5)17-10-16(12(3)4)14(6)18(17)9-15/h7-12H,1-6H3. The number of fused-ring (bicyclic) bond motifs is 1. The summed E-state index contributed by atoms with van der Waals surface area (Å²) in [4.78, 5) is 0. The maximum atomic E-state index is 2.38. The Kier molecular flexibility index (Phi) is 3.47. The van der Waals surface area contributed by atoms with Gasteiger partial charge in [-0.3, -0.25) is 0 Å². The van der Waals surface area contributed by atoms with Crippen molar-refractivity contribution in [1.82, 2.24) is 0 Å². The Balaban J connectivity index is 2.75. The summed E-state index contributed by atoms with van der Waals surface area (Å²) in [6.45, 7) is 13.6. The largest absolute Gasteiger partial charge is 0.0587 e. The monoisotopic (exact) mass is 240 g/mol. The molecule has 0 saturated carbocycles. The molecule has 0 unspecified atom stereocenters. The van der Waals surface area contributed by atoms with Crippen LogP contribution in [0.3, 0.4) is 0 Å². The van der Waals surface area contributed by atoms with E-state index in [4.69, 9.17) is 0 Å². The average molecular weight is 240 g/mol. The molecule has 0 heteroatoms. The van der Waals surface area contributed by atoms with Crippen molar-refractivity contribution in [3.63, 3.8) is 0 Å². The summed E-state index contributed by atoms with van der Waals surface area (Å²) in [5.41, 5.74) is 8.62. The normalized spacial score (nSPS) is 11.8. The zero-order chi connectivity index (χ0) is 13.4. The maximum absolute atomic E-state index is 2.38. The zero-order valence-corrected chi connectivity index (χ0v) is 12.5. The maximum Gasteiger partial charge on any atom is -0.0146 e. The molecule has 0 radical (unpaired) electrons. The molecule has 0 aromatic heterocycles. The van der Waals surface area contributed by atoms with E-state index in [-0.39, 0.29) is 0 Å². The van der Waals surface area contributed by atoms with Crippen molar-refractivity contribution in [1.29, 1.82) is 0 Å². The Labute approximate surface area is 111 Å². The molecule has 0 aromatic carbocycles. The Bertz CT molecular complexity index is 532. The SMILES string of the molecule is Cc1ccc(C(C)C)cc2c(C)c(C(C)C)cc1-2. The van der Waals surface area contributed by atoms with Crippen LogP contribution in [-0.2, 0) is 0 Å². The molecule has 0 atom stereocenters. The summed E-state index contributed by atoms with van der Waals surface area (Å²) >= 11 is 0. The second-order valence-electron chi connectivity index (χ2n) is 6.02. The van der Waals surface area contributed by atoms with Crippen molar-refractivity contribution < 1.29 is 0 Å². The third kappa shape index (κ3) is 2.16. The number of hydrogen-bond donors (Lipinski definition) is 0. The van der Waals surface area contributed by atoms with Gasteiger partial charge in [0.05, 0.1) is 0 Å². The number of rotatable bonds is 2. The van der Waals surface area contributed by atoms with E-state index in [1.807, 2.05) is 0 Å². The van der Waals surface area contributed by atoms with E-state index in [0.29, 0.717) is 11.8 Å². The van der Waals surface area contributed by atoms with Gasteiger partial charge in [-0.05, 0) is 59.1 Å². The summed E-state index contributed by atoms with van der Waals surface area (Å²) in [5, 5.41) is 0. The van der Waals surface area contributed by atoms with Crippen LogP contribution >= 0.6 is 0 Å². The highest BCUT2D eigenvalue weighted by Gasteiger charge is 2.16. The quantitative estimate of drug-likeness (QED) is 0.636. The molecule has 0 aromatic rings. The van der Waals surface area contributed by atoms with Crippen molar-refractivity contribution in [3.8, 4) is 11.1 Å². The van der Waals surface area contributed by atoms with Gasteiger partial charge in [-0.15, -0.1) is 0 Å². The molecule has 0 aliphatic heterocycles. The second-order valence-corrected chi connectivity index (χ2v) is 6.02. The smallest absolute Gasteiger partial charge is 0.0146 e. The summed E-state index contributed by atoms with van der Waals surface area (Å²) in [6, 6.07) is 9.30. The fourth-order valence-electron chi connectivity index (χ4n) is 2.70. The molecule has 0 N–H and O–H groups in total. The van der Waals surface area contributed by atoms with Crippen LogP contribution in [0.1, 0.15) is 61.8 Å². The fraction of sp³-hybridized carbons (Fsp3) is 0.444. The van der Waals surface area contributed by atoms with Crippen molar-refractivity contribution in [3.05, 3.63) is 46.5 Å². The van der Waals surface area contributed by atoms with Gasteiger partial charge in [-0.1, -0.05) is 52.0 Å². The predicted octanol–water partition coefficient (Wildman–Crippen LogP) is 5.66. The molecule has 0 fully saturated rings. The van der Waals surface area contributed by atoms with Crippen LogP contribution in [-0.4, -0.2) is 0 Å². The highest BCUT2D eigenvalue weighted by atomic mass is 14.2. The van der Waals surface area contributed by atoms with Crippen LogP contribution in [0, 0.1) is 13.8 Å². The lowest BCUT2D eigenvalue weighted by Crippen LogP contribution is -1.87. The molecule has 2 aliphatic carbocycles. The summed E-state index contributed by atoms with van der Waals surface area (Å²) in [7, 11) is 0. The molecule has 0 spiro atoms. The molecule has 0 nitrogen and oxygen atoms in total. The first-order chi connectivity index (χ1) is 8.41. The highest BCUT2D eigenvalue weighted by molar-refractivity contribution is 5.76. The molecule has 96 valence electrons. The Morgan fingerprint density at radius 2 is 1.44 bits per heavy atom. The van der Waals surface area contributed by atoms with Gasteiger partial charge in [0, 0.05) is 0 Å². The molecular weight excluding hydrogens is 216 g/mol. The van der Waals surface area contributed by atoms with Crippen LogP contribution in [0.25, 0.3) is 11.1 Å². The first kappa shape index (κ1) is 13.1. The van der Waals surface area contributed by atoms with Crippen molar-refractivity contribution in [2.75, 3.05) is 0 Å². The van der Waals surface area contributed by atoms with E-state index in [9.17, 15) is 0 Å². The van der Waals surface area contributed by atoms with E-state index in [1.165, 1.54) is 33.4 Å². The van der Waals surface area contributed by atoms with Crippen LogP contribution in [0.2, 0.25) is 0 Å². The molecular formula is C18H24. The lowest BCUT2D eigenvalue weighted by atomic mass is 9.99. The van der Waals surface area contributed by atoms with Gasteiger partial charge in [0.15, 0.2) is 0 Å². The van der Waals surface area contributed by atoms with Crippen LogP contribution in [0.4, 0.5) is 0 Å². The molecule has 18 heavy (non-hydrogen) atoms. The van der Waals surface area contributed by atoms with E-state index < -0.39 is 0 Å². The van der Waals surface area contributed by atoms with E-state index >= 15 is 0 Å². The number of aryl methyl sites for hydroxylation is 1. The van der Waals surface area contributed by atoms with Gasteiger partial charge >= 0.3 is 0 Å². The topological polar surface area (TPSA) is 0 Å². The third-order valence-electron chi connectivity index (χ3n) is 3.98. The first-order valence-electron chi connectivity index (χ1n) is 6.95. The average Bonchev–Trinajstić information content (AvgIpc) is 2.51. The lowest BCUT2D eigenvalue weighted by molar-refractivity contribution is 0.861. The molecule has 0 bridgehead atoms. The summed E-state index contributed by atoms with van der Waals surface area (Å²) < 4.78 is 0. The Morgan fingerprint density at radius 3 is 2.00 bits per heavy atom. The van der Waals surface area contributed by atoms with Crippen LogP contribution in [0.5, 0.6) is 0 Å². The summed E-state index contributed by atoms with van der Waals surface area (Å²) in [6.07, 6.45) is 0. The second kappa shape index (κ2) is 4.76.